The van der Waals surface area contributed by atoms with Crippen LogP contribution in [0.3, 0.4) is 0 Å². The maximum atomic E-state index is 12.7. The van der Waals surface area contributed by atoms with Gasteiger partial charge in [-0.05, 0) is 30.7 Å². The third-order valence-corrected chi connectivity index (χ3v) is 5.41. The third-order valence-electron chi connectivity index (χ3n) is 4.04. The zero-order valence-corrected chi connectivity index (χ0v) is 17.7. The lowest BCUT2D eigenvalue weighted by Crippen LogP contribution is -2.31. The van der Waals surface area contributed by atoms with E-state index in [1.54, 1.807) is 45.4 Å². The van der Waals surface area contributed by atoms with Gasteiger partial charge in [0.2, 0.25) is 5.91 Å². The van der Waals surface area contributed by atoms with Gasteiger partial charge in [0.15, 0.2) is 17.3 Å². The van der Waals surface area contributed by atoms with Crippen molar-refractivity contribution >= 4 is 52.0 Å². The van der Waals surface area contributed by atoms with Crippen LogP contribution in [0.1, 0.15) is 17.7 Å². The lowest BCUT2D eigenvalue weighted by atomic mass is 10.2. The maximum Gasteiger partial charge on any atom is 0.266 e. The number of rotatable bonds is 7. The van der Waals surface area contributed by atoms with Crippen molar-refractivity contribution in [1.82, 2.24) is 10.1 Å². The fraction of sp³-hybridized carbons (Fsp3) is 0.263. The summed E-state index contributed by atoms with van der Waals surface area (Å²) >= 11 is 6.50. The molecule has 1 aliphatic rings. The molecule has 1 aromatic carbocycles. The van der Waals surface area contributed by atoms with E-state index in [4.69, 9.17) is 26.2 Å². The monoisotopic (exact) mass is 433 g/mol. The standard InChI is InChI=1S/C19H19N3O5S2/c1-11-8-16(21-27-11)20-17(23)6-7-22-18(24)15(29-19(22)28)10-12-4-5-13(25-2)14(9-12)26-3/h4-5,8-10H,6-7H2,1-3H3,(H,20,21,23)/b15-10-. The van der Waals surface area contributed by atoms with Crippen LogP contribution in [-0.2, 0) is 9.59 Å². The van der Waals surface area contributed by atoms with E-state index in [2.05, 4.69) is 10.5 Å². The molecule has 2 heterocycles. The van der Waals surface area contributed by atoms with E-state index in [0.29, 0.717) is 32.3 Å². The summed E-state index contributed by atoms with van der Waals surface area (Å²) in [5.74, 6) is 1.59. The van der Waals surface area contributed by atoms with Crippen LogP contribution in [0.15, 0.2) is 33.7 Å². The first-order chi connectivity index (χ1) is 13.9. The number of nitrogens with one attached hydrogen (secondary N) is 1. The number of aryl methyl sites for hydroxylation is 1. The Bertz CT molecular complexity index is 986. The van der Waals surface area contributed by atoms with Crippen LogP contribution < -0.4 is 14.8 Å². The number of amides is 2. The van der Waals surface area contributed by atoms with E-state index in [-0.39, 0.29) is 24.8 Å². The SMILES string of the molecule is COc1ccc(/C=C2\SC(=S)N(CCC(=O)Nc3cc(C)on3)C2=O)cc1OC. The predicted octanol–water partition coefficient (Wildman–Crippen LogP) is 3.23. The summed E-state index contributed by atoms with van der Waals surface area (Å²) in [6, 6.07) is 6.98. The van der Waals surface area contributed by atoms with Crippen LogP contribution in [0.4, 0.5) is 5.82 Å². The minimum absolute atomic E-state index is 0.0853. The topological polar surface area (TPSA) is 93.9 Å². The Morgan fingerprint density at radius 3 is 2.72 bits per heavy atom. The molecule has 0 bridgehead atoms. The number of aromatic nitrogens is 1. The summed E-state index contributed by atoms with van der Waals surface area (Å²) in [7, 11) is 3.11. The molecule has 1 aromatic heterocycles. The van der Waals surface area contributed by atoms with Gasteiger partial charge < -0.3 is 19.3 Å². The van der Waals surface area contributed by atoms with Gasteiger partial charge in [-0.2, -0.15) is 0 Å². The molecule has 0 aliphatic carbocycles. The lowest BCUT2D eigenvalue weighted by Gasteiger charge is -2.13. The Morgan fingerprint density at radius 1 is 1.31 bits per heavy atom. The van der Waals surface area contributed by atoms with Crippen molar-refractivity contribution in [2.45, 2.75) is 13.3 Å². The van der Waals surface area contributed by atoms with Crippen molar-refractivity contribution in [3.05, 3.63) is 40.5 Å². The Morgan fingerprint density at radius 2 is 2.07 bits per heavy atom. The van der Waals surface area contributed by atoms with Gasteiger partial charge in [-0.15, -0.1) is 0 Å². The number of nitrogens with zero attached hydrogens (tertiary/aromatic N) is 2. The molecule has 0 unspecified atom stereocenters. The quantitative estimate of drug-likeness (QED) is 0.525. The minimum Gasteiger partial charge on any atom is -0.493 e. The van der Waals surface area contributed by atoms with Crippen molar-refractivity contribution < 1.29 is 23.6 Å². The highest BCUT2D eigenvalue weighted by molar-refractivity contribution is 8.26. The number of carbonyl (C=O) groups is 2. The van der Waals surface area contributed by atoms with E-state index in [1.807, 2.05) is 6.07 Å². The molecule has 1 saturated heterocycles. The second-order valence-electron chi connectivity index (χ2n) is 6.07. The number of methoxy groups -OCH3 is 2. The minimum atomic E-state index is -0.281. The van der Waals surface area contributed by atoms with Crippen LogP contribution in [0.25, 0.3) is 6.08 Å². The molecule has 2 aromatic rings. The summed E-state index contributed by atoms with van der Waals surface area (Å²) in [5.41, 5.74) is 0.780. The Balaban J connectivity index is 1.64. The van der Waals surface area contributed by atoms with Gasteiger partial charge >= 0.3 is 0 Å². The predicted molar refractivity (Wildman–Crippen MR) is 114 cm³/mol. The van der Waals surface area contributed by atoms with E-state index in [0.717, 1.165) is 5.56 Å². The van der Waals surface area contributed by atoms with E-state index >= 15 is 0 Å². The third kappa shape index (κ3) is 4.96. The number of thioether (sulfide) groups is 1. The number of hydrogen-bond acceptors (Lipinski definition) is 8. The lowest BCUT2D eigenvalue weighted by molar-refractivity contribution is -0.122. The highest BCUT2D eigenvalue weighted by Crippen LogP contribution is 2.34. The molecule has 3 rings (SSSR count). The van der Waals surface area contributed by atoms with E-state index in [9.17, 15) is 9.59 Å². The smallest absolute Gasteiger partial charge is 0.266 e. The first kappa shape index (κ1) is 20.9. The van der Waals surface area contributed by atoms with Crippen molar-refractivity contribution in [3.63, 3.8) is 0 Å². The van der Waals surface area contributed by atoms with E-state index < -0.39 is 0 Å². The molecule has 152 valence electrons. The molecular weight excluding hydrogens is 414 g/mol. The second kappa shape index (κ2) is 9.10. The highest BCUT2D eigenvalue weighted by Gasteiger charge is 2.32. The number of hydrogen-bond donors (Lipinski definition) is 1. The molecule has 29 heavy (non-hydrogen) atoms. The van der Waals surface area contributed by atoms with Crippen LogP contribution in [0.2, 0.25) is 0 Å². The van der Waals surface area contributed by atoms with Gasteiger partial charge in [0.05, 0.1) is 19.1 Å². The fourth-order valence-corrected chi connectivity index (χ4v) is 3.94. The molecule has 0 atom stereocenters. The zero-order valence-electron chi connectivity index (χ0n) is 16.1. The van der Waals surface area contributed by atoms with Crippen LogP contribution in [-0.4, -0.2) is 47.0 Å². The normalized spacial score (nSPS) is 15.1. The summed E-state index contributed by atoms with van der Waals surface area (Å²) in [4.78, 5) is 26.7. The molecule has 2 amide bonds. The van der Waals surface area contributed by atoms with Crippen molar-refractivity contribution in [1.29, 1.82) is 0 Å². The summed E-state index contributed by atoms with van der Waals surface area (Å²) in [5, 5.41) is 6.32. The summed E-state index contributed by atoms with van der Waals surface area (Å²) in [6.45, 7) is 1.91. The molecule has 1 aliphatic heterocycles. The second-order valence-corrected chi connectivity index (χ2v) is 7.74. The summed E-state index contributed by atoms with van der Waals surface area (Å²) < 4.78 is 15.8. The van der Waals surface area contributed by atoms with Gasteiger partial charge in [-0.1, -0.05) is 35.2 Å². The number of ether oxygens (including phenoxy) is 2. The Hall–Kier alpha value is -2.85. The first-order valence-electron chi connectivity index (χ1n) is 8.62. The van der Waals surface area contributed by atoms with Gasteiger partial charge in [0.1, 0.15) is 10.1 Å². The van der Waals surface area contributed by atoms with Crippen molar-refractivity contribution in [2.75, 3.05) is 26.1 Å². The van der Waals surface area contributed by atoms with Gasteiger partial charge in [0, 0.05) is 19.0 Å². The molecule has 0 spiro atoms. The first-order valence-corrected chi connectivity index (χ1v) is 9.84. The van der Waals surface area contributed by atoms with Crippen molar-refractivity contribution in [3.8, 4) is 11.5 Å². The van der Waals surface area contributed by atoms with Gasteiger partial charge in [-0.25, -0.2) is 0 Å². The zero-order chi connectivity index (χ0) is 21.0. The van der Waals surface area contributed by atoms with Crippen LogP contribution >= 0.6 is 24.0 Å². The number of carbonyl (C=O) groups excluding carboxylic acids is 2. The molecule has 8 nitrogen and oxygen atoms in total. The maximum absolute atomic E-state index is 12.7. The number of thiocarbonyl (C=S) groups is 1. The van der Waals surface area contributed by atoms with Gasteiger partial charge in [0.25, 0.3) is 5.91 Å². The average Bonchev–Trinajstić information content (AvgIpc) is 3.22. The summed E-state index contributed by atoms with van der Waals surface area (Å²) in [6.07, 6.45) is 1.82. The average molecular weight is 434 g/mol. The molecule has 1 N–H and O–H groups in total. The molecule has 0 radical (unpaired) electrons. The molecule has 10 heteroatoms. The van der Waals surface area contributed by atoms with Crippen LogP contribution in [0, 0.1) is 6.92 Å². The molecule has 1 fully saturated rings. The fourth-order valence-electron chi connectivity index (χ4n) is 2.63. The van der Waals surface area contributed by atoms with Gasteiger partial charge in [-0.3, -0.25) is 14.5 Å². The molecule has 0 saturated carbocycles. The Kier molecular flexibility index (Phi) is 6.55. The number of benzene rings is 1. The highest BCUT2D eigenvalue weighted by atomic mass is 32.2. The van der Waals surface area contributed by atoms with Crippen molar-refractivity contribution in [2.24, 2.45) is 0 Å². The van der Waals surface area contributed by atoms with E-state index in [1.165, 1.54) is 16.7 Å². The number of anilines is 1. The van der Waals surface area contributed by atoms with Crippen LogP contribution in [0.5, 0.6) is 11.5 Å². The Labute approximate surface area is 177 Å². The molecular formula is C19H19N3O5S2. The largest absolute Gasteiger partial charge is 0.493 e.